The van der Waals surface area contributed by atoms with E-state index in [4.69, 9.17) is 15.2 Å². The van der Waals surface area contributed by atoms with E-state index in [0.717, 1.165) is 32.3 Å². The predicted molar refractivity (Wildman–Crippen MR) is 68.1 cm³/mol. The molecule has 2 heterocycles. The number of rotatable bonds is 3. The molecule has 3 N–H and O–H groups in total. The van der Waals surface area contributed by atoms with Crippen molar-refractivity contribution in [1.29, 1.82) is 0 Å². The molecule has 0 aliphatic carbocycles. The maximum Gasteiger partial charge on any atom is 0.227 e. The quantitative estimate of drug-likeness (QED) is 0.768. The van der Waals surface area contributed by atoms with Crippen LogP contribution in [0.4, 0.5) is 0 Å². The van der Waals surface area contributed by atoms with Crippen molar-refractivity contribution in [3.8, 4) is 0 Å². The van der Waals surface area contributed by atoms with Crippen molar-refractivity contribution < 1.29 is 14.3 Å². The minimum Gasteiger partial charge on any atom is -0.381 e. The molecule has 18 heavy (non-hydrogen) atoms. The normalized spacial score (nSPS) is 31.9. The highest BCUT2D eigenvalue weighted by Gasteiger charge is 2.39. The standard InChI is InChI=1S/C13H24N2O3/c1-10-8-11(2-5-18-10)15-12(16)13(9-14)3-6-17-7-4-13/h10-11H,2-9,14H2,1H3,(H,15,16). The number of carbonyl (C=O) groups is 1. The SMILES string of the molecule is CC1CC(NC(=O)C2(CN)CCOCC2)CCO1. The molecule has 0 aromatic carbocycles. The summed E-state index contributed by atoms with van der Waals surface area (Å²) in [5, 5.41) is 3.16. The van der Waals surface area contributed by atoms with Crippen LogP contribution in [0.1, 0.15) is 32.6 Å². The number of carbonyl (C=O) groups excluding carboxylic acids is 1. The minimum absolute atomic E-state index is 0.104. The number of ether oxygens (including phenoxy) is 2. The molecule has 1 amide bonds. The van der Waals surface area contributed by atoms with Crippen molar-refractivity contribution in [1.82, 2.24) is 5.32 Å². The maximum atomic E-state index is 12.4. The fraction of sp³-hybridized carbons (Fsp3) is 0.923. The molecular weight excluding hydrogens is 232 g/mol. The van der Waals surface area contributed by atoms with Crippen molar-refractivity contribution in [3.63, 3.8) is 0 Å². The number of hydrogen-bond acceptors (Lipinski definition) is 4. The Morgan fingerprint density at radius 1 is 1.39 bits per heavy atom. The van der Waals surface area contributed by atoms with E-state index in [9.17, 15) is 4.79 Å². The Morgan fingerprint density at radius 3 is 2.72 bits per heavy atom. The highest BCUT2D eigenvalue weighted by molar-refractivity contribution is 5.83. The molecule has 2 atom stereocenters. The Kier molecular flexibility index (Phi) is 4.59. The number of hydrogen-bond donors (Lipinski definition) is 2. The minimum atomic E-state index is -0.417. The zero-order valence-corrected chi connectivity index (χ0v) is 11.1. The summed E-state index contributed by atoms with van der Waals surface area (Å²) in [5.74, 6) is 0.104. The van der Waals surface area contributed by atoms with E-state index in [2.05, 4.69) is 5.32 Å². The Hall–Kier alpha value is -0.650. The van der Waals surface area contributed by atoms with Gasteiger partial charge in [-0.3, -0.25) is 4.79 Å². The van der Waals surface area contributed by atoms with Gasteiger partial charge < -0.3 is 20.5 Å². The van der Waals surface area contributed by atoms with Crippen LogP contribution >= 0.6 is 0 Å². The summed E-state index contributed by atoms with van der Waals surface area (Å²) in [6, 6.07) is 0.229. The lowest BCUT2D eigenvalue weighted by Crippen LogP contribution is -2.53. The average molecular weight is 256 g/mol. The van der Waals surface area contributed by atoms with Crippen LogP contribution in [-0.2, 0) is 14.3 Å². The van der Waals surface area contributed by atoms with Gasteiger partial charge in [-0.1, -0.05) is 0 Å². The topological polar surface area (TPSA) is 73.6 Å². The van der Waals surface area contributed by atoms with Crippen LogP contribution in [0.3, 0.4) is 0 Å². The Balaban J connectivity index is 1.92. The van der Waals surface area contributed by atoms with Crippen molar-refractivity contribution in [3.05, 3.63) is 0 Å². The van der Waals surface area contributed by atoms with Gasteiger partial charge in [-0.25, -0.2) is 0 Å². The van der Waals surface area contributed by atoms with Crippen LogP contribution in [0.15, 0.2) is 0 Å². The van der Waals surface area contributed by atoms with Gasteiger partial charge in [0.1, 0.15) is 0 Å². The molecule has 0 spiro atoms. The van der Waals surface area contributed by atoms with Gasteiger partial charge in [0.15, 0.2) is 0 Å². The molecule has 2 aliphatic rings. The molecule has 2 fully saturated rings. The van der Waals surface area contributed by atoms with Crippen LogP contribution in [0.2, 0.25) is 0 Å². The van der Waals surface area contributed by atoms with Crippen molar-refractivity contribution >= 4 is 5.91 Å². The van der Waals surface area contributed by atoms with Crippen molar-refractivity contribution in [2.45, 2.75) is 44.8 Å². The van der Waals surface area contributed by atoms with Crippen LogP contribution in [0.25, 0.3) is 0 Å². The van der Waals surface area contributed by atoms with Crippen molar-refractivity contribution in [2.75, 3.05) is 26.4 Å². The fourth-order valence-electron chi connectivity index (χ4n) is 2.75. The lowest BCUT2D eigenvalue weighted by atomic mass is 9.79. The summed E-state index contributed by atoms with van der Waals surface area (Å²) in [4.78, 5) is 12.4. The fourth-order valence-corrected chi connectivity index (χ4v) is 2.75. The molecule has 104 valence electrons. The van der Waals surface area contributed by atoms with Crippen LogP contribution in [-0.4, -0.2) is 44.4 Å². The van der Waals surface area contributed by atoms with E-state index in [-0.39, 0.29) is 18.1 Å². The molecule has 2 saturated heterocycles. The highest BCUT2D eigenvalue weighted by atomic mass is 16.5. The van der Waals surface area contributed by atoms with E-state index in [0.29, 0.717) is 19.8 Å². The monoisotopic (exact) mass is 256 g/mol. The lowest BCUT2D eigenvalue weighted by Gasteiger charge is -2.37. The van der Waals surface area contributed by atoms with E-state index in [1.807, 2.05) is 6.92 Å². The second kappa shape index (κ2) is 5.99. The first kappa shape index (κ1) is 13.8. The highest BCUT2D eigenvalue weighted by Crippen LogP contribution is 2.30. The summed E-state index contributed by atoms with van der Waals surface area (Å²) in [6.07, 6.45) is 3.48. The van der Waals surface area contributed by atoms with Gasteiger partial charge in [-0.15, -0.1) is 0 Å². The summed E-state index contributed by atoms with van der Waals surface area (Å²) in [6.45, 7) is 4.45. The smallest absolute Gasteiger partial charge is 0.227 e. The molecule has 0 saturated carbocycles. The Morgan fingerprint density at radius 2 is 2.11 bits per heavy atom. The summed E-state index contributed by atoms with van der Waals surface area (Å²) < 4.78 is 10.8. The second-order valence-corrected chi connectivity index (χ2v) is 5.47. The molecule has 0 bridgehead atoms. The third kappa shape index (κ3) is 3.02. The van der Waals surface area contributed by atoms with Crippen LogP contribution in [0.5, 0.6) is 0 Å². The van der Waals surface area contributed by atoms with Gasteiger partial charge in [-0.05, 0) is 32.6 Å². The zero-order valence-electron chi connectivity index (χ0n) is 11.1. The zero-order chi connectivity index (χ0) is 13.0. The molecular formula is C13H24N2O3. The van der Waals surface area contributed by atoms with E-state index in [1.54, 1.807) is 0 Å². The van der Waals surface area contributed by atoms with Gasteiger partial charge >= 0.3 is 0 Å². The molecule has 2 unspecified atom stereocenters. The third-order valence-electron chi connectivity index (χ3n) is 4.14. The maximum absolute atomic E-state index is 12.4. The van der Waals surface area contributed by atoms with Gasteiger partial charge in [-0.2, -0.15) is 0 Å². The van der Waals surface area contributed by atoms with Gasteiger partial charge in [0.2, 0.25) is 5.91 Å². The molecule has 0 radical (unpaired) electrons. The molecule has 2 rings (SSSR count). The Bertz CT molecular complexity index is 290. The average Bonchev–Trinajstić information content (AvgIpc) is 2.39. The largest absolute Gasteiger partial charge is 0.381 e. The van der Waals surface area contributed by atoms with E-state index >= 15 is 0 Å². The Labute approximate surface area is 108 Å². The van der Waals surface area contributed by atoms with Gasteiger partial charge in [0.25, 0.3) is 0 Å². The van der Waals surface area contributed by atoms with Crippen LogP contribution in [0, 0.1) is 5.41 Å². The van der Waals surface area contributed by atoms with E-state index in [1.165, 1.54) is 0 Å². The molecule has 2 aliphatic heterocycles. The van der Waals surface area contributed by atoms with E-state index < -0.39 is 5.41 Å². The first-order valence-electron chi connectivity index (χ1n) is 6.87. The summed E-state index contributed by atoms with van der Waals surface area (Å²) >= 11 is 0. The van der Waals surface area contributed by atoms with Gasteiger partial charge in [0.05, 0.1) is 11.5 Å². The lowest BCUT2D eigenvalue weighted by molar-refractivity contribution is -0.137. The number of nitrogens with one attached hydrogen (secondary N) is 1. The summed E-state index contributed by atoms with van der Waals surface area (Å²) in [5.41, 5.74) is 5.41. The molecule has 5 heteroatoms. The molecule has 0 aromatic rings. The van der Waals surface area contributed by atoms with Crippen LogP contribution < -0.4 is 11.1 Å². The second-order valence-electron chi connectivity index (χ2n) is 5.47. The summed E-state index contributed by atoms with van der Waals surface area (Å²) in [7, 11) is 0. The number of nitrogens with two attached hydrogens (primary N) is 1. The van der Waals surface area contributed by atoms with Gasteiger partial charge in [0, 0.05) is 32.4 Å². The molecule has 0 aromatic heterocycles. The first-order valence-corrected chi connectivity index (χ1v) is 6.87. The number of amides is 1. The van der Waals surface area contributed by atoms with Crippen molar-refractivity contribution in [2.24, 2.45) is 11.1 Å². The first-order chi connectivity index (χ1) is 8.66. The third-order valence-corrected chi connectivity index (χ3v) is 4.14. The predicted octanol–water partition coefficient (Wildman–Crippen LogP) is 0.426. The molecule has 5 nitrogen and oxygen atoms in total.